The van der Waals surface area contributed by atoms with E-state index in [9.17, 15) is 13.2 Å². The molecule has 1 fully saturated rings. The van der Waals surface area contributed by atoms with Gasteiger partial charge in [0.25, 0.3) is 0 Å². The van der Waals surface area contributed by atoms with Gasteiger partial charge in [-0.1, -0.05) is 6.42 Å². The highest BCUT2D eigenvalue weighted by Gasteiger charge is 2.41. The quantitative estimate of drug-likeness (QED) is 0.660. The van der Waals surface area contributed by atoms with E-state index in [2.05, 4.69) is 0 Å². The Hall–Kier alpha value is -0.250. The van der Waals surface area contributed by atoms with Crippen LogP contribution in [0.3, 0.4) is 0 Å². The summed E-state index contributed by atoms with van der Waals surface area (Å²) in [4.78, 5) is 0. The van der Waals surface area contributed by atoms with Crippen LogP contribution in [0.25, 0.3) is 0 Å². The monoisotopic (exact) mass is 182 g/mol. The van der Waals surface area contributed by atoms with Crippen LogP contribution in [-0.2, 0) is 0 Å². The van der Waals surface area contributed by atoms with Crippen LogP contribution >= 0.6 is 0 Å². The van der Waals surface area contributed by atoms with Gasteiger partial charge in [-0.05, 0) is 25.2 Å². The van der Waals surface area contributed by atoms with Crippen LogP contribution in [0, 0.1) is 11.8 Å². The van der Waals surface area contributed by atoms with E-state index in [1.807, 2.05) is 0 Å². The van der Waals surface area contributed by atoms with Gasteiger partial charge in [0.05, 0.1) is 5.92 Å². The topological polar surface area (TPSA) is 20.2 Å². The Balaban J connectivity index is 2.46. The number of hydrogen-bond donors (Lipinski definition) is 1. The number of alkyl halides is 3. The lowest BCUT2D eigenvalue weighted by molar-refractivity contribution is -0.186. The molecular formula is C8H13F3O. The molecule has 1 nitrogen and oxygen atoms in total. The van der Waals surface area contributed by atoms with Gasteiger partial charge < -0.3 is 5.11 Å². The minimum absolute atomic E-state index is 0.105. The van der Waals surface area contributed by atoms with Crippen LogP contribution in [0.4, 0.5) is 13.2 Å². The van der Waals surface area contributed by atoms with Gasteiger partial charge in [0.2, 0.25) is 0 Å². The maximum atomic E-state index is 12.2. The Morgan fingerprint density at radius 3 is 2.42 bits per heavy atom. The van der Waals surface area contributed by atoms with Crippen LogP contribution in [0.1, 0.15) is 25.7 Å². The van der Waals surface area contributed by atoms with Crippen molar-refractivity contribution in [2.24, 2.45) is 11.8 Å². The van der Waals surface area contributed by atoms with Gasteiger partial charge in [-0.2, -0.15) is 13.2 Å². The van der Waals surface area contributed by atoms with Crippen molar-refractivity contribution in [1.29, 1.82) is 0 Å². The van der Waals surface area contributed by atoms with Gasteiger partial charge in [0.1, 0.15) is 0 Å². The predicted molar refractivity (Wildman–Crippen MR) is 38.6 cm³/mol. The van der Waals surface area contributed by atoms with Gasteiger partial charge in [-0.3, -0.25) is 0 Å². The van der Waals surface area contributed by atoms with E-state index in [0.717, 1.165) is 6.42 Å². The molecule has 0 heterocycles. The highest BCUT2D eigenvalue weighted by molar-refractivity contribution is 4.77. The van der Waals surface area contributed by atoms with Crippen molar-refractivity contribution in [2.45, 2.75) is 31.9 Å². The van der Waals surface area contributed by atoms with Gasteiger partial charge >= 0.3 is 6.18 Å². The summed E-state index contributed by atoms with van der Waals surface area (Å²) in [5, 5.41) is 8.71. The molecule has 1 aliphatic carbocycles. The lowest BCUT2D eigenvalue weighted by Gasteiger charge is -2.29. The summed E-state index contributed by atoms with van der Waals surface area (Å²) < 4.78 is 36.5. The molecule has 0 spiro atoms. The molecule has 0 unspecified atom stereocenters. The van der Waals surface area contributed by atoms with E-state index in [1.54, 1.807) is 0 Å². The SMILES string of the molecule is OC[C@H]1CCC[C@H](C(F)(F)F)C1. The number of rotatable bonds is 1. The fraction of sp³-hybridized carbons (Fsp3) is 1.00. The molecule has 12 heavy (non-hydrogen) atoms. The summed E-state index contributed by atoms with van der Waals surface area (Å²) in [6.07, 6.45) is -2.38. The molecule has 0 aromatic heterocycles. The molecule has 0 amide bonds. The van der Waals surface area contributed by atoms with Gasteiger partial charge in [-0.15, -0.1) is 0 Å². The van der Waals surface area contributed by atoms with E-state index < -0.39 is 12.1 Å². The predicted octanol–water partition coefficient (Wildman–Crippen LogP) is 2.35. The molecule has 0 aromatic carbocycles. The van der Waals surface area contributed by atoms with E-state index >= 15 is 0 Å². The van der Waals surface area contributed by atoms with Crippen molar-refractivity contribution in [3.8, 4) is 0 Å². The van der Waals surface area contributed by atoms with Crippen molar-refractivity contribution < 1.29 is 18.3 Å². The zero-order valence-electron chi connectivity index (χ0n) is 6.77. The minimum atomic E-state index is -4.06. The molecule has 0 radical (unpaired) electrons. The zero-order valence-corrected chi connectivity index (χ0v) is 6.77. The highest BCUT2D eigenvalue weighted by Crippen LogP contribution is 2.39. The van der Waals surface area contributed by atoms with Crippen LogP contribution in [-0.4, -0.2) is 17.9 Å². The van der Waals surface area contributed by atoms with Crippen molar-refractivity contribution in [2.75, 3.05) is 6.61 Å². The van der Waals surface area contributed by atoms with Crippen molar-refractivity contribution in [3.63, 3.8) is 0 Å². The Kier molecular flexibility index (Phi) is 2.99. The largest absolute Gasteiger partial charge is 0.396 e. The summed E-state index contributed by atoms with van der Waals surface area (Å²) in [5.41, 5.74) is 0. The molecule has 4 heteroatoms. The van der Waals surface area contributed by atoms with Gasteiger partial charge in [-0.25, -0.2) is 0 Å². The standard InChI is InChI=1S/C8H13F3O/c9-8(10,11)7-3-1-2-6(4-7)5-12/h6-7,12H,1-5H2/t6-,7-/m0/s1. The Morgan fingerprint density at radius 2 is 1.92 bits per heavy atom. The van der Waals surface area contributed by atoms with Crippen LogP contribution in [0.15, 0.2) is 0 Å². The molecule has 0 saturated heterocycles. The number of aliphatic hydroxyl groups excluding tert-OH is 1. The first-order valence-electron chi connectivity index (χ1n) is 4.21. The first-order valence-corrected chi connectivity index (χ1v) is 4.21. The molecule has 0 aromatic rings. The third kappa shape index (κ3) is 2.37. The summed E-state index contributed by atoms with van der Waals surface area (Å²) >= 11 is 0. The Bertz CT molecular complexity index is 144. The third-order valence-corrected chi connectivity index (χ3v) is 2.50. The van der Waals surface area contributed by atoms with Crippen LogP contribution in [0.5, 0.6) is 0 Å². The third-order valence-electron chi connectivity index (χ3n) is 2.50. The molecule has 2 atom stereocenters. The van der Waals surface area contributed by atoms with Crippen molar-refractivity contribution in [3.05, 3.63) is 0 Å². The number of halogens is 3. The number of aliphatic hydroxyl groups is 1. The van der Waals surface area contributed by atoms with E-state index in [4.69, 9.17) is 5.11 Å². The second-order valence-electron chi connectivity index (χ2n) is 3.45. The maximum Gasteiger partial charge on any atom is 0.391 e. The highest BCUT2D eigenvalue weighted by atomic mass is 19.4. The van der Waals surface area contributed by atoms with Crippen LogP contribution < -0.4 is 0 Å². The smallest absolute Gasteiger partial charge is 0.391 e. The molecular weight excluding hydrogens is 169 g/mol. The first-order chi connectivity index (χ1) is 5.54. The molecule has 72 valence electrons. The number of hydrogen-bond acceptors (Lipinski definition) is 1. The molecule has 1 N–H and O–H groups in total. The van der Waals surface area contributed by atoms with Crippen LogP contribution in [0.2, 0.25) is 0 Å². The Labute approximate surface area is 69.6 Å². The summed E-state index contributed by atoms with van der Waals surface area (Å²) in [7, 11) is 0. The fourth-order valence-electron chi connectivity index (χ4n) is 1.75. The molecule has 1 saturated carbocycles. The summed E-state index contributed by atoms with van der Waals surface area (Å²) in [6, 6.07) is 0. The summed E-state index contributed by atoms with van der Waals surface area (Å²) in [5.74, 6) is -1.31. The first kappa shape index (κ1) is 9.84. The lowest BCUT2D eigenvalue weighted by atomic mass is 9.81. The average molecular weight is 182 g/mol. The fourth-order valence-corrected chi connectivity index (χ4v) is 1.75. The van der Waals surface area contributed by atoms with Gasteiger partial charge in [0, 0.05) is 6.61 Å². The minimum Gasteiger partial charge on any atom is -0.396 e. The molecule has 1 rings (SSSR count). The molecule has 0 bridgehead atoms. The molecule has 1 aliphatic rings. The van der Waals surface area contributed by atoms with Crippen molar-refractivity contribution >= 4 is 0 Å². The maximum absolute atomic E-state index is 12.2. The normalized spacial score (nSPS) is 32.0. The Morgan fingerprint density at radius 1 is 1.25 bits per heavy atom. The van der Waals surface area contributed by atoms with Crippen molar-refractivity contribution in [1.82, 2.24) is 0 Å². The summed E-state index contributed by atoms with van der Waals surface area (Å²) in [6.45, 7) is -0.105. The average Bonchev–Trinajstić information content (AvgIpc) is 2.03. The van der Waals surface area contributed by atoms with E-state index in [1.165, 1.54) is 0 Å². The van der Waals surface area contributed by atoms with E-state index in [-0.39, 0.29) is 25.4 Å². The van der Waals surface area contributed by atoms with Gasteiger partial charge in [0.15, 0.2) is 0 Å². The van der Waals surface area contributed by atoms with E-state index in [0.29, 0.717) is 6.42 Å². The zero-order chi connectivity index (χ0) is 9.19. The molecule has 0 aliphatic heterocycles. The second-order valence-corrected chi connectivity index (χ2v) is 3.45. The lowest BCUT2D eigenvalue weighted by Crippen LogP contribution is -2.29. The second kappa shape index (κ2) is 3.64.